The summed E-state index contributed by atoms with van der Waals surface area (Å²) in [6, 6.07) is 5.96. The van der Waals surface area contributed by atoms with Crippen molar-refractivity contribution in [2.75, 3.05) is 0 Å². The van der Waals surface area contributed by atoms with E-state index in [0.717, 1.165) is 11.0 Å². The molecule has 0 bridgehead atoms. The highest BCUT2D eigenvalue weighted by Gasteiger charge is 1.94. The van der Waals surface area contributed by atoms with Crippen molar-refractivity contribution in [2.24, 2.45) is 0 Å². The first-order chi connectivity index (χ1) is 4.88. The van der Waals surface area contributed by atoms with Crippen LogP contribution in [-0.2, 0) is 0 Å². The summed E-state index contributed by atoms with van der Waals surface area (Å²) < 4.78 is 1.81. The molecule has 2 heterocycles. The van der Waals surface area contributed by atoms with Gasteiger partial charge in [0.15, 0.2) is 10.4 Å². The third kappa shape index (κ3) is 0.674. The molecular formula is C7H5N2Si. The highest BCUT2D eigenvalue weighted by molar-refractivity contribution is 6.10. The molecule has 2 aromatic rings. The zero-order valence-electron chi connectivity index (χ0n) is 5.28. The molecule has 0 saturated carbocycles. The summed E-state index contributed by atoms with van der Waals surface area (Å²) in [7, 11) is 3.37. The Bertz CT molecular complexity index is 353. The zero-order chi connectivity index (χ0) is 6.97. The molecule has 0 spiro atoms. The van der Waals surface area contributed by atoms with Gasteiger partial charge in [0.05, 0.1) is 0 Å². The molecule has 3 heteroatoms. The molecule has 2 nitrogen and oxygen atoms in total. The van der Waals surface area contributed by atoms with Crippen molar-refractivity contribution < 1.29 is 0 Å². The Kier molecular flexibility index (Phi) is 1.11. The van der Waals surface area contributed by atoms with E-state index in [1.807, 2.05) is 28.6 Å². The van der Waals surface area contributed by atoms with Gasteiger partial charge in [-0.2, -0.15) is 0 Å². The number of hydrogen-bond acceptors (Lipinski definition) is 1. The molecule has 0 unspecified atom stereocenters. The maximum atomic E-state index is 4.16. The number of rotatable bonds is 0. The van der Waals surface area contributed by atoms with E-state index in [1.54, 1.807) is 6.20 Å². The number of fused-ring (bicyclic) bond motifs is 1. The normalized spacial score (nSPS) is 10.5. The number of pyridine rings is 1. The summed E-state index contributed by atoms with van der Waals surface area (Å²) in [6.07, 6.45) is 3.70. The minimum atomic E-state index is 0.958. The summed E-state index contributed by atoms with van der Waals surface area (Å²) >= 11 is 0. The maximum absolute atomic E-state index is 4.16. The highest BCUT2D eigenvalue weighted by Crippen LogP contribution is 2.08. The minimum Gasteiger partial charge on any atom is -0.361 e. The molecule has 0 fully saturated rings. The molecule has 0 amide bonds. The summed E-state index contributed by atoms with van der Waals surface area (Å²) in [6.45, 7) is 0. The maximum Gasteiger partial charge on any atom is 0.197 e. The molecular weight excluding hydrogens is 140 g/mol. The van der Waals surface area contributed by atoms with Crippen molar-refractivity contribution in [3.63, 3.8) is 0 Å². The van der Waals surface area contributed by atoms with Crippen molar-refractivity contribution in [3.8, 4) is 0 Å². The predicted molar refractivity (Wildman–Crippen MR) is 40.9 cm³/mol. The van der Waals surface area contributed by atoms with Crippen LogP contribution < -0.4 is 0 Å². The summed E-state index contributed by atoms with van der Waals surface area (Å²) in [5, 5.41) is 1.15. The third-order valence-corrected chi connectivity index (χ3v) is 1.81. The van der Waals surface area contributed by atoms with Gasteiger partial charge >= 0.3 is 0 Å². The lowest BCUT2D eigenvalue weighted by Gasteiger charge is -1.90. The van der Waals surface area contributed by atoms with Crippen LogP contribution in [0.15, 0.2) is 30.6 Å². The van der Waals surface area contributed by atoms with Gasteiger partial charge < -0.3 is 4.23 Å². The first kappa shape index (κ1) is 5.67. The number of hydrogen-bond donors (Lipinski definition) is 0. The van der Waals surface area contributed by atoms with Gasteiger partial charge in [-0.3, -0.25) is 0 Å². The van der Waals surface area contributed by atoms with Crippen molar-refractivity contribution >= 4 is 21.4 Å². The van der Waals surface area contributed by atoms with Gasteiger partial charge in [0.25, 0.3) is 0 Å². The monoisotopic (exact) mass is 145 g/mol. The van der Waals surface area contributed by atoms with Crippen LogP contribution in [0.2, 0.25) is 0 Å². The summed E-state index contributed by atoms with van der Waals surface area (Å²) in [4.78, 5) is 4.16. The summed E-state index contributed by atoms with van der Waals surface area (Å²) in [5.74, 6) is 0. The summed E-state index contributed by atoms with van der Waals surface area (Å²) in [5.41, 5.74) is 0.958. The highest BCUT2D eigenvalue weighted by atomic mass is 28.2. The smallest absolute Gasteiger partial charge is 0.197 e. The van der Waals surface area contributed by atoms with E-state index >= 15 is 0 Å². The average Bonchev–Trinajstić information content (AvgIpc) is 2.34. The van der Waals surface area contributed by atoms with Crippen LogP contribution in [0.5, 0.6) is 0 Å². The first-order valence-corrected chi connectivity index (χ1v) is 3.46. The van der Waals surface area contributed by atoms with Gasteiger partial charge in [-0.15, -0.1) is 0 Å². The van der Waals surface area contributed by atoms with Gasteiger partial charge in [-0.1, -0.05) is 0 Å². The number of aromatic nitrogens is 2. The topological polar surface area (TPSA) is 17.8 Å². The van der Waals surface area contributed by atoms with Crippen LogP contribution in [-0.4, -0.2) is 19.6 Å². The predicted octanol–water partition coefficient (Wildman–Crippen LogP) is 0.968. The molecule has 0 saturated heterocycles. The van der Waals surface area contributed by atoms with Crippen LogP contribution in [0.4, 0.5) is 0 Å². The lowest BCUT2D eigenvalue weighted by Crippen LogP contribution is -1.88. The molecule has 47 valence electrons. The second-order valence-corrected chi connectivity index (χ2v) is 2.58. The van der Waals surface area contributed by atoms with E-state index in [-0.39, 0.29) is 0 Å². The molecule has 10 heavy (non-hydrogen) atoms. The molecule has 2 rings (SSSR count). The SMILES string of the molecule is [Si]n1ccc2cccnc21. The molecule has 0 aliphatic carbocycles. The molecule has 0 aliphatic heterocycles. The Morgan fingerprint density at radius 1 is 1.40 bits per heavy atom. The average molecular weight is 145 g/mol. The fourth-order valence-electron chi connectivity index (χ4n) is 0.966. The van der Waals surface area contributed by atoms with Crippen LogP contribution in [0, 0.1) is 0 Å². The molecule has 2 aromatic heterocycles. The van der Waals surface area contributed by atoms with E-state index < -0.39 is 0 Å². The lowest BCUT2D eigenvalue weighted by molar-refractivity contribution is 1.24. The van der Waals surface area contributed by atoms with E-state index in [4.69, 9.17) is 0 Å². The van der Waals surface area contributed by atoms with Gasteiger partial charge in [-0.25, -0.2) is 4.98 Å². The largest absolute Gasteiger partial charge is 0.361 e. The fourth-order valence-corrected chi connectivity index (χ4v) is 1.23. The Morgan fingerprint density at radius 2 is 2.30 bits per heavy atom. The van der Waals surface area contributed by atoms with E-state index in [2.05, 4.69) is 15.4 Å². The van der Waals surface area contributed by atoms with E-state index in [9.17, 15) is 0 Å². The second kappa shape index (κ2) is 1.95. The van der Waals surface area contributed by atoms with Crippen molar-refractivity contribution in [1.29, 1.82) is 0 Å². The van der Waals surface area contributed by atoms with Gasteiger partial charge in [0, 0.05) is 11.6 Å². The fraction of sp³-hybridized carbons (Fsp3) is 0. The Labute approximate surface area is 62.0 Å². The van der Waals surface area contributed by atoms with Crippen molar-refractivity contribution in [3.05, 3.63) is 30.6 Å². The Morgan fingerprint density at radius 3 is 3.10 bits per heavy atom. The third-order valence-electron chi connectivity index (χ3n) is 1.45. The van der Waals surface area contributed by atoms with Crippen molar-refractivity contribution in [1.82, 2.24) is 9.22 Å². The minimum absolute atomic E-state index is 0.958. The quantitative estimate of drug-likeness (QED) is 0.505. The van der Waals surface area contributed by atoms with Crippen molar-refractivity contribution in [2.45, 2.75) is 0 Å². The van der Waals surface area contributed by atoms with Crippen LogP contribution in [0.1, 0.15) is 0 Å². The Balaban J connectivity index is 2.93. The molecule has 3 radical (unpaired) electrons. The van der Waals surface area contributed by atoms with Crippen LogP contribution >= 0.6 is 0 Å². The van der Waals surface area contributed by atoms with Gasteiger partial charge in [-0.05, 0) is 24.4 Å². The van der Waals surface area contributed by atoms with E-state index in [1.165, 1.54) is 0 Å². The van der Waals surface area contributed by atoms with Gasteiger partial charge in [0.2, 0.25) is 0 Å². The van der Waals surface area contributed by atoms with Gasteiger partial charge in [0.1, 0.15) is 5.65 Å². The van der Waals surface area contributed by atoms with E-state index in [0.29, 0.717) is 0 Å². The molecule has 0 atom stereocenters. The molecule has 0 N–H and O–H groups in total. The second-order valence-electron chi connectivity index (χ2n) is 2.10. The molecule has 0 aliphatic rings. The first-order valence-electron chi connectivity index (χ1n) is 3.01. The van der Waals surface area contributed by atoms with Crippen LogP contribution in [0.25, 0.3) is 11.0 Å². The standard InChI is InChI=1S/C7H5N2Si/c10-9-5-3-6-2-1-4-8-7(6)9/h1-5H. The number of nitrogens with zero attached hydrogens (tertiary/aromatic N) is 2. The lowest BCUT2D eigenvalue weighted by atomic mass is 10.3. The zero-order valence-corrected chi connectivity index (χ0v) is 6.28. The Hall–Kier alpha value is -1.09. The van der Waals surface area contributed by atoms with Crippen LogP contribution in [0.3, 0.4) is 0 Å². The molecule has 0 aromatic carbocycles.